The lowest BCUT2D eigenvalue weighted by Gasteiger charge is -1.97. The fourth-order valence-corrected chi connectivity index (χ4v) is 0.542. The maximum atomic E-state index is 10.7. The molecule has 1 rings (SSSR count). The van der Waals surface area contributed by atoms with Gasteiger partial charge in [0.05, 0.1) is 0 Å². The van der Waals surface area contributed by atoms with Crippen molar-refractivity contribution in [1.82, 2.24) is 9.97 Å². The van der Waals surface area contributed by atoms with Crippen LogP contribution >= 0.6 is 0 Å². The van der Waals surface area contributed by atoms with Gasteiger partial charge in [-0.1, -0.05) is 6.58 Å². The molecule has 0 spiro atoms. The average molecular weight is 149 g/mol. The number of anilines is 1. The summed E-state index contributed by atoms with van der Waals surface area (Å²) in [5.41, 5.74) is 0. The molecule has 56 valence electrons. The van der Waals surface area contributed by atoms with Crippen molar-refractivity contribution in [2.24, 2.45) is 0 Å². The molecule has 0 bridgehead atoms. The first kappa shape index (κ1) is 7.40. The van der Waals surface area contributed by atoms with E-state index >= 15 is 0 Å². The van der Waals surface area contributed by atoms with Gasteiger partial charge in [0.2, 0.25) is 5.91 Å². The SMILES string of the molecule is C=CC(=O)Nc1ccncn1. The van der Waals surface area contributed by atoms with E-state index in [1.807, 2.05) is 0 Å². The zero-order valence-electron chi connectivity index (χ0n) is 5.82. The van der Waals surface area contributed by atoms with Gasteiger partial charge >= 0.3 is 0 Å². The number of aromatic nitrogens is 2. The van der Waals surface area contributed by atoms with E-state index in [-0.39, 0.29) is 5.91 Å². The molecular weight excluding hydrogens is 142 g/mol. The average Bonchev–Trinajstić information content (AvgIpc) is 2.06. The molecule has 0 unspecified atom stereocenters. The Kier molecular flexibility index (Phi) is 2.32. The van der Waals surface area contributed by atoms with Crippen molar-refractivity contribution in [1.29, 1.82) is 0 Å². The molecule has 11 heavy (non-hydrogen) atoms. The molecule has 0 aromatic carbocycles. The quantitative estimate of drug-likeness (QED) is 0.626. The Morgan fingerprint density at radius 2 is 2.55 bits per heavy atom. The van der Waals surface area contributed by atoms with Gasteiger partial charge in [0.1, 0.15) is 12.1 Å². The zero-order chi connectivity index (χ0) is 8.10. The minimum atomic E-state index is -0.274. The summed E-state index contributed by atoms with van der Waals surface area (Å²) in [7, 11) is 0. The van der Waals surface area contributed by atoms with E-state index in [0.717, 1.165) is 0 Å². The van der Waals surface area contributed by atoms with Crippen molar-refractivity contribution in [3.8, 4) is 0 Å². The molecule has 4 heteroatoms. The van der Waals surface area contributed by atoms with Crippen LogP contribution in [0.3, 0.4) is 0 Å². The lowest BCUT2D eigenvalue weighted by molar-refractivity contribution is -0.111. The first-order chi connectivity index (χ1) is 5.33. The van der Waals surface area contributed by atoms with Gasteiger partial charge < -0.3 is 5.32 Å². The van der Waals surface area contributed by atoms with Crippen LogP contribution in [0.5, 0.6) is 0 Å². The van der Waals surface area contributed by atoms with Crippen LogP contribution in [0, 0.1) is 0 Å². The van der Waals surface area contributed by atoms with Crippen molar-refractivity contribution in [2.45, 2.75) is 0 Å². The molecule has 0 fully saturated rings. The maximum Gasteiger partial charge on any atom is 0.248 e. The number of amides is 1. The highest BCUT2D eigenvalue weighted by molar-refractivity contribution is 5.98. The fraction of sp³-hybridized carbons (Fsp3) is 0. The third-order valence-electron chi connectivity index (χ3n) is 1.02. The Bertz CT molecular complexity index is 258. The molecule has 0 saturated heterocycles. The minimum absolute atomic E-state index is 0.274. The van der Waals surface area contributed by atoms with Crippen LogP contribution in [-0.2, 0) is 4.79 Å². The third-order valence-corrected chi connectivity index (χ3v) is 1.02. The highest BCUT2D eigenvalue weighted by Crippen LogP contribution is 1.96. The van der Waals surface area contributed by atoms with Crippen LogP contribution in [0.15, 0.2) is 31.2 Å². The van der Waals surface area contributed by atoms with E-state index in [1.54, 1.807) is 12.3 Å². The van der Waals surface area contributed by atoms with E-state index in [9.17, 15) is 4.79 Å². The summed E-state index contributed by atoms with van der Waals surface area (Å²) in [5, 5.41) is 2.48. The topological polar surface area (TPSA) is 54.9 Å². The number of carbonyl (C=O) groups excluding carboxylic acids is 1. The highest BCUT2D eigenvalue weighted by atomic mass is 16.1. The molecule has 4 nitrogen and oxygen atoms in total. The van der Waals surface area contributed by atoms with E-state index in [4.69, 9.17) is 0 Å². The molecule has 0 aliphatic carbocycles. The van der Waals surface area contributed by atoms with Crippen molar-refractivity contribution in [2.75, 3.05) is 5.32 Å². The molecule has 1 aromatic rings. The lowest BCUT2D eigenvalue weighted by atomic mass is 10.5. The van der Waals surface area contributed by atoms with Gasteiger partial charge in [0, 0.05) is 6.20 Å². The van der Waals surface area contributed by atoms with Gasteiger partial charge in [-0.2, -0.15) is 0 Å². The van der Waals surface area contributed by atoms with Gasteiger partial charge in [-0.25, -0.2) is 9.97 Å². The number of hydrogen-bond acceptors (Lipinski definition) is 3. The largest absolute Gasteiger partial charge is 0.307 e. The second kappa shape index (κ2) is 3.46. The summed E-state index contributed by atoms with van der Waals surface area (Å²) in [5.74, 6) is 0.202. The first-order valence-electron chi connectivity index (χ1n) is 3.02. The highest BCUT2D eigenvalue weighted by Gasteiger charge is 1.94. The summed E-state index contributed by atoms with van der Waals surface area (Å²) in [6, 6.07) is 1.60. The van der Waals surface area contributed by atoms with Crippen LogP contribution in [0.25, 0.3) is 0 Å². The number of nitrogens with zero attached hydrogens (tertiary/aromatic N) is 2. The molecule has 1 amide bonds. The van der Waals surface area contributed by atoms with Crippen LogP contribution < -0.4 is 5.32 Å². The Balaban J connectivity index is 2.65. The smallest absolute Gasteiger partial charge is 0.248 e. The lowest BCUT2D eigenvalue weighted by Crippen LogP contribution is -2.08. The summed E-state index contributed by atoms with van der Waals surface area (Å²) in [6.07, 6.45) is 4.09. The summed E-state index contributed by atoms with van der Waals surface area (Å²) < 4.78 is 0. The Morgan fingerprint density at radius 3 is 3.09 bits per heavy atom. The molecular formula is C7H7N3O. The third kappa shape index (κ3) is 2.17. The van der Waals surface area contributed by atoms with Crippen molar-refractivity contribution in [3.63, 3.8) is 0 Å². The van der Waals surface area contributed by atoms with Crippen LogP contribution in [0.2, 0.25) is 0 Å². The number of rotatable bonds is 2. The minimum Gasteiger partial charge on any atom is -0.307 e. The second-order valence-electron chi connectivity index (χ2n) is 1.79. The van der Waals surface area contributed by atoms with E-state index in [0.29, 0.717) is 5.82 Å². The van der Waals surface area contributed by atoms with Crippen molar-refractivity contribution >= 4 is 11.7 Å². The normalized spacial score (nSPS) is 8.73. The van der Waals surface area contributed by atoms with Gasteiger partial charge in [0.25, 0.3) is 0 Å². The van der Waals surface area contributed by atoms with E-state index in [2.05, 4.69) is 21.9 Å². The molecule has 0 saturated carbocycles. The summed E-state index contributed by atoms with van der Waals surface area (Å²) >= 11 is 0. The first-order valence-corrected chi connectivity index (χ1v) is 3.02. The van der Waals surface area contributed by atoms with Gasteiger partial charge in [-0.05, 0) is 12.1 Å². The molecule has 0 aliphatic heterocycles. The maximum absolute atomic E-state index is 10.7. The Morgan fingerprint density at radius 1 is 1.73 bits per heavy atom. The zero-order valence-corrected chi connectivity index (χ0v) is 5.82. The standard InChI is InChI=1S/C7H7N3O/c1-2-7(11)10-6-3-4-8-5-9-6/h2-5H,1H2,(H,8,9,10,11). The van der Waals surface area contributed by atoms with Crippen molar-refractivity contribution in [3.05, 3.63) is 31.2 Å². The van der Waals surface area contributed by atoms with E-state index in [1.165, 1.54) is 12.4 Å². The van der Waals surface area contributed by atoms with Crippen LogP contribution in [0.1, 0.15) is 0 Å². The molecule has 1 aromatic heterocycles. The molecule has 1 N–H and O–H groups in total. The number of nitrogens with one attached hydrogen (secondary N) is 1. The second-order valence-corrected chi connectivity index (χ2v) is 1.79. The molecule has 0 aliphatic rings. The van der Waals surface area contributed by atoms with Crippen molar-refractivity contribution < 1.29 is 4.79 Å². The summed E-state index contributed by atoms with van der Waals surface area (Å²) in [4.78, 5) is 18.2. The number of hydrogen-bond donors (Lipinski definition) is 1. The molecule has 0 radical (unpaired) electrons. The van der Waals surface area contributed by atoms with E-state index < -0.39 is 0 Å². The summed E-state index contributed by atoms with van der Waals surface area (Å²) in [6.45, 7) is 3.30. The van der Waals surface area contributed by atoms with Gasteiger partial charge in [0.15, 0.2) is 0 Å². The van der Waals surface area contributed by atoms with Gasteiger partial charge in [-0.3, -0.25) is 4.79 Å². The fourth-order valence-electron chi connectivity index (χ4n) is 0.542. The molecule has 0 atom stereocenters. The molecule has 1 heterocycles. The van der Waals surface area contributed by atoms with Gasteiger partial charge in [-0.15, -0.1) is 0 Å². The predicted molar refractivity (Wildman–Crippen MR) is 40.9 cm³/mol. The predicted octanol–water partition coefficient (Wildman–Crippen LogP) is 0.601. The van der Waals surface area contributed by atoms with Crippen LogP contribution in [-0.4, -0.2) is 15.9 Å². The van der Waals surface area contributed by atoms with Crippen LogP contribution in [0.4, 0.5) is 5.82 Å². The monoisotopic (exact) mass is 149 g/mol. The number of carbonyl (C=O) groups is 1. The Labute approximate surface area is 64.0 Å². The Hall–Kier alpha value is -1.71.